The minimum Gasteiger partial charge on any atom is -0.464 e. The number of aryl methyl sites for hydroxylation is 2. The van der Waals surface area contributed by atoms with E-state index in [4.69, 9.17) is 9.15 Å². The van der Waals surface area contributed by atoms with E-state index in [2.05, 4.69) is 17.4 Å². The SMILES string of the molecule is Cc1ccc2c(CC(=O)OCC(=O)N[C@@H]3CCCc4ccccc43)coc2c1. The molecular weight excluding hydrogens is 354 g/mol. The van der Waals surface area contributed by atoms with Crippen LogP contribution in [0.4, 0.5) is 0 Å². The van der Waals surface area contributed by atoms with Gasteiger partial charge >= 0.3 is 5.97 Å². The Morgan fingerprint density at radius 2 is 2.07 bits per heavy atom. The van der Waals surface area contributed by atoms with Crippen LogP contribution in [-0.4, -0.2) is 18.5 Å². The summed E-state index contributed by atoms with van der Waals surface area (Å²) in [6.07, 6.45) is 4.63. The minimum absolute atomic E-state index is 0.0165. The number of benzene rings is 2. The maximum absolute atomic E-state index is 12.3. The zero-order valence-electron chi connectivity index (χ0n) is 15.9. The number of nitrogens with one attached hydrogen (secondary N) is 1. The third-order valence-corrected chi connectivity index (χ3v) is 5.21. The molecule has 144 valence electrons. The van der Waals surface area contributed by atoms with Gasteiger partial charge in [-0.1, -0.05) is 36.4 Å². The zero-order chi connectivity index (χ0) is 19.5. The van der Waals surface area contributed by atoms with Gasteiger partial charge in [0.25, 0.3) is 5.91 Å². The van der Waals surface area contributed by atoms with Crippen molar-refractivity contribution in [3.05, 3.63) is 71.0 Å². The largest absolute Gasteiger partial charge is 0.464 e. The number of ether oxygens (including phenoxy) is 1. The first-order valence-corrected chi connectivity index (χ1v) is 9.59. The van der Waals surface area contributed by atoms with Crippen LogP contribution in [-0.2, 0) is 27.2 Å². The van der Waals surface area contributed by atoms with Crippen molar-refractivity contribution in [1.82, 2.24) is 5.32 Å². The van der Waals surface area contributed by atoms with E-state index in [9.17, 15) is 9.59 Å². The van der Waals surface area contributed by atoms with Gasteiger partial charge in [0.15, 0.2) is 6.61 Å². The number of hydrogen-bond donors (Lipinski definition) is 1. The Morgan fingerprint density at radius 3 is 2.96 bits per heavy atom. The molecule has 0 unspecified atom stereocenters. The number of furan rings is 1. The maximum Gasteiger partial charge on any atom is 0.310 e. The van der Waals surface area contributed by atoms with Gasteiger partial charge in [0.05, 0.1) is 18.7 Å². The molecule has 0 aliphatic heterocycles. The Balaban J connectivity index is 1.32. The van der Waals surface area contributed by atoms with Crippen LogP contribution >= 0.6 is 0 Å². The van der Waals surface area contributed by atoms with Crippen molar-refractivity contribution in [2.24, 2.45) is 0 Å². The molecule has 2 aromatic carbocycles. The van der Waals surface area contributed by atoms with E-state index in [1.165, 1.54) is 5.56 Å². The molecule has 1 aliphatic carbocycles. The Morgan fingerprint density at radius 1 is 1.21 bits per heavy atom. The quantitative estimate of drug-likeness (QED) is 0.682. The van der Waals surface area contributed by atoms with E-state index in [0.29, 0.717) is 0 Å². The second-order valence-corrected chi connectivity index (χ2v) is 7.31. The van der Waals surface area contributed by atoms with E-state index in [0.717, 1.165) is 46.9 Å². The fraction of sp³-hybridized carbons (Fsp3) is 0.304. The number of rotatable bonds is 5. The van der Waals surface area contributed by atoms with Gasteiger partial charge in [0.1, 0.15) is 5.58 Å². The minimum atomic E-state index is -0.442. The summed E-state index contributed by atoms with van der Waals surface area (Å²) >= 11 is 0. The zero-order valence-corrected chi connectivity index (χ0v) is 15.9. The molecule has 3 aromatic rings. The second-order valence-electron chi connectivity index (χ2n) is 7.31. The van der Waals surface area contributed by atoms with Gasteiger partial charge in [-0.25, -0.2) is 0 Å². The van der Waals surface area contributed by atoms with Crippen LogP contribution in [0, 0.1) is 6.92 Å². The molecule has 1 aromatic heterocycles. The smallest absolute Gasteiger partial charge is 0.310 e. The number of amides is 1. The van der Waals surface area contributed by atoms with E-state index >= 15 is 0 Å². The molecule has 1 amide bonds. The molecule has 1 N–H and O–H groups in total. The van der Waals surface area contributed by atoms with E-state index in [-0.39, 0.29) is 25.0 Å². The molecule has 0 fully saturated rings. The number of carbonyl (C=O) groups excluding carboxylic acids is 2. The molecule has 1 aliphatic rings. The highest BCUT2D eigenvalue weighted by Crippen LogP contribution is 2.29. The van der Waals surface area contributed by atoms with Crippen molar-refractivity contribution in [2.75, 3.05) is 6.61 Å². The lowest BCUT2D eigenvalue weighted by Crippen LogP contribution is -2.34. The summed E-state index contributed by atoms with van der Waals surface area (Å²) in [5.41, 5.74) is 5.04. The van der Waals surface area contributed by atoms with Crippen LogP contribution in [0.5, 0.6) is 0 Å². The maximum atomic E-state index is 12.3. The highest BCUT2D eigenvalue weighted by molar-refractivity contribution is 5.87. The average molecular weight is 377 g/mol. The van der Waals surface area contributed by atoms with Gasteiger partial charge in [-0.05, 0) is 48.9 Å². The molecule has 28 heavy (non-hydrogen) atoms. The van der Waals surface area contributed by atoms with Crippen LogP contribution in [0.3, 0.4) is 0 Å². The average Bonchev–Trinajstić information content (AvgIpc) is 3.08. The molecule has 4 rings (SSSR count). The Labute approximate surface area is 163 Å². The van der Waals surface area contributed by atoms with Crippen molar-refractivity contribution in [2.45, 2.75) is 38.6 Å². The van der Waals surface area contributed by atoms with Crippen LogP contribution in [0.15, 0.2) is 53.1 Å². The van der Waals surface area contributed by atoms with Gasteiger partial charge < -0.3 is 14.5 Å². The fourth-order valence-electron chi connectivity index (χ4n) is 3.82. The summed E-state index contributed by atoms with van der Waals surface area (Å²) in [6, 6.07) is 14.0. The van der Waals surface area contributed by atoms with E-state index in [1.54, 1.807) is 6.26 Å². The highest BCUT2D eigenvalue weighted by atomic mass is 16.5. The van der Waals surface area contributed by atoms with Crippen molar-refractivity contribution in [3.63, 3.8) is 0 Å². The van der Waals surface area contributed by atoms with Gasteiger partial charge in [-0.2, -0.15) is 0 Å². The Bertz CT molecular complexity index is 1020. The predicted molar refractivity (Wildman–Crippen MR) is 106 cm³/mol. The standard InChI is InChI=1S/C23H23NO4/c1-15-9-10-19-17(13-27-21(19)11-15)12-23(26)28-14-22(25)24-20-8-4-6-16-5-2-3-7-18(16)20/h2-3,5,7,9-11,13,20H,4,6,8,12,14H2,1H3,(H,24,25)/t20-/m1/s1. The van der Waals surface area contributed by atoms with Crippen molar-refractivity contribution in [3.8, 4) is 0 Å². The lowest BCUT2D eigenvalue weighted by molar-refractivity contribution is -0.148. The number of esters is 1. The lowest BCUT2D eigenvalue weighted by atomic mass is 9.88. The molecule has 0 bridgehead atoms. The first-order valence-electron chi connectivity index (χ1n) is 9.59. The third-order valence-electron chi connectivity index (χ3n) is 5.21. The van der Waals surface area contributed by atoms with E-state index < -0.39 is 5.97 Å². The van der Waals surface area contributed by atoms with Gasteiger partial charge in [0.2, 0.25) is 0 Å². The second kappa shape index (κ2) is 7.89. The molecular formula is C23H23NO4. The molecule has 1 atom stereocenters. The van der Waals surface area contributed by atoms with E-state index in [1.807, 2.05) is 37.3 Å². The van der Waals surface area contributed by atoms with Gasteiger partial charge in [0, 0.05) is 10.9 Å². The van der Waals surface area contributed by atoms with Crippen LogP contribution in [0.25, 0.3) is 11.0 Å². The van der Waals surface area contributed by atoms with Crippen molar-refractivity contribution < 1.29 is 18.7 Å². The van der Waals surface area contributed by atoms with Crippen molar-refractivity contribution >= 4 is 22.8 Å². The summed E-state index contributed by atoms with van der Waals surface area (Å²) < 4.78 is 10.7. The first kappa shape index (κ1) is 18.3. The van der Waals surface area contributed by atoms with Gasteiger partial charge in [-0.3, -0.25) is 9.59 Å². The summed E-state index contributed by atoms with van der Waals surface area (Å²) in [5.74, 6) is -0.717. The molecule has 1 heterocycles. The molecule has 0 radical (unpaired) electrons. The summed E-state index contributed by atoms with van der Waals surface area (Å²) in [7, 11) is 0. The monoisotopic (exact) mass is 377 g/mol. The molecule has 5 nitrogen and oxygen atoms in total. The fourth-order valence-corrected chi connectivity index (χ4v) is 3.82. The Kier molecular flexibility index (Phi) is 5.15. The number of hydrogen-bond acceptors (Lipinski definition) is 4. The number of carbonyl (C=O) groups is 2. The number of fused-ring (bicyclic) bond motifs is 2. The molecule has 0 saturated heterocycles. The van der Waals surface area contributed by atoms with Crippen LogP contribution in [0.2, 0.25) is 0 Å². The summed E-state index contributed by atoms with van der Waals surface area (Å²) in [5, 5.41) is 3.88. The first-order chi connectivity index (χ1) is 13.6. The van der Waals surface area contributed by atoms with Crippen LogP contribution < -0.4 is 5.32 Å². The summed E-state index contributed by atoms with van der Waals surface area (Å²) in [6.45, 7) is 1.71. The lowest BCUT2D eigenvalue weighted by Gasteiger charge is -2.26. The normalized spacial score (nSPS) is 15.8. The molecule has 0 spiro atoms. The topological polar surface area (TPSA) is 68.5 Å². The molecule has 5 heteroatoms. The third kappa shape index (κ3) is 3.93. The predicted octanol–water partition coefficient (Wildman–Crippen LogP) is 4.02. The van der Waals surface area contributed by atoms with Gasteiger partial charge in [-0.15, -0.1) is 0 Å². The summed E-state index contributed by atoms with van der Waals surface area (Å²) in [4.78, 5) is 24.4. The highest BCUT2D eigenvalue weighted by Gasteiger charge is 2.22. The van der Waals surface area contributed by atoms with Crippen molar-refractivity contribution in [1.29, 1.82) is 0 Å². The molecule has 0 saturated carbocycles. The van der Waals surface area contributed by atoms with Crippen LogP contribution in [0.1, 0.15) is 41.1 Å². The Hall–Kier alpha value is -3.08.